The van der Waals surface area contributed by atoms with E-state index >= 15 is 0 Å². The lowest BCUT2D eigenvalue weighted by Crippen LogP contribution is -2.17. The summed E-state index contributed by atoms with van der Waals surface area (Å²) in [4.78, 5) is 24.2. The van der Waals surface area contributed by atoms with Gasteiger partial charge in [0.05, 0.1) is 5.02 Å². The Bertz CT molecular complexity index is 1070. The van der Waals surface area contributed by atoms with Crippen LogP contribution in [0.1, 0.15) is 21.5 Å². The van der Waals surface area contributed by atoms with Gasteiger partial charge in [0.1, 0.15) is 11.5 Å². The minimum Gasteiger partial charge on any atom is -0.480 e. The Kier molecular flexibility index (Phi) is 7.28. The van der Waals surface area contributed by atoms with Gasteiger partial charge in [0.25, 0.3) is 0 Å². The number of carbonyl (C=O) groups excluding carboxylic acids is 2. The van der Waals surface area contributed by atoms with E-state index in [0.29, 0.717) is 27.1 Å². The zero-order chi connectivity index (χ0) is 21.5. The van der Waals surface area contributed by atoms with Crippen LogP contribution in [0.3, 0.4) is 0 Å². The second kappa shape index (κ2) is 10.1. The highest BCUT2D eigenvalue weighted by molar-refractivity contribution is 6.35. The van der Waals surface area contributed by atoms with Crippen LogP contribution in [0.5, 0.6) is 11.5 Å². The van der Waals surface area contributed by atoms with Crippen molar-refractivity contribution in [2.75, 3.05) is 6.61 Å². The lowest BCUT2D eigenvalue weighted by Gasteiger charge is -2.08. The van der Waals surface area contributed by atoms with Gasteiger partial charge in [0.15, 0.2) is 12.4 Å². The fourth-order valence-corrected chi connectivity index (χ4v) is 2.99. The summed E-state index contributed by atoms with van der Waals surface area (Å²) in [6, 6.07) is 18.9. The summed E-state index contributed by atoms with van der Waals surface area (Å²) in [6.45, 7) is 1.67. The Labute approximate surface area is 184 Å². The number of benzene rings is 3. The van der Waals surface area contributed by atoms with E-state index in [-0.39, 0.29) is 12.4 Å². The fourth-order valence-electron chi connectivity index (χ4n) is 2.52. The summed E-state index contributed by atoms with van der Waals surface area (Å²) in [5, 5.41) is 0.788. The third kappa shape index (κ3) is 6.21. The number of hydrogen-bond acceptors (Lipinski definition) is 4. The van der Waals surface area contributed by atoms with Gasteiger partial charge in [-0.1, -0.05) is 71.2 Å². The van der Waals surface area contributed by atoms with Gasteiger partial charge in [-0.05, 0) is 48.9 Å². The molecular formula is C24H18Cl2O4. The van der Waals surface area contributed by atoms with Crippen molar-refractivity contribution in [2.24, 2.45) is 0 Å². The van der Waals surface area contributed by atoms with Gasteiger partial charge in [-0.3, -0.25) is 4.79 Å². The van der Waals surface area contributed by atoms with Gasteiger partial charge in [-0.15, -0.1) is 0 Å². The van der Waals surface area contributed by atoms with Crippen molar-refractivity contribution in [3.8, 4) is 11.5 Å². The monoisotopic (exact) mass is 440 g/mol. The van der Waals surface area contributed by atoms with Gasteiger partial charge in [-0.2, -0.15) is 0 Å². The van der Waals surface area contributed by atoms with Crippen LogP contribution in [0.25, 0.3) is 6.08 Å². The molecule has 0 N–H and O–H groups in total. The predicted molar refractivity (Wildman–Crippen MR) is 119 cm³/mol. The van der Waals surface area contributed by atoms with Gasteiger partial charge >= 0.3 is 5.97 Å². The first-order valence-corrected chi connectivity index (χ1v) is 9.84. The van der Waals surface area contributed by atoms with Crippen LogP contribution in [0, 0.1) is 6.92 Å². The molecule has 0 spiro atoms. The third-order valence-electron chi connectivity index (χ3n) is 4.11. The minimum atomic E-state index is -0.571. The van der Waals surface area contributed by atoms with E-state index in [4.69, 9.17) is 32.7 Å². The van der Waals surface area contributed by atoms with E-state index in [1.54, 1.807) is 54.6 Å². The lowest BCUT2D eigenvalue weighted by atomic mass is 10.1. The molecule has 3 aromatic carbocycles. The molecule has 0 bridgehead atoms. The first-order chi connectivity index (χ1) is 14.4. The Balaban J connectivity index is 1.52. The van der Waals surface area contributed by atoms with E-state index in [1.807, 2.05) is 19.1 Å². The molecule has 0 aliphatic carbocycles. The van der Waals surface area contributed by atoms with Gasteiger partial charge < -0.3 is 9.47 Å². The summed E-state index contributed by atoms with van der Waals surface area (Å²) >= 11 is 11.8. The molecule has 0 aliphatic rings. The zero-order valence-electron chi connectivity index (χ0n) is 16.1. The molecule has 0 fully saturated rings. The summed E-state index contributed by atoms with van der Waals surface area (Å²) in [5.74, 6) is 0.0620. The maximum Gasteiger partial charge on any atom is 0.349 e. The number of ketones is 1. The average Bonchev–Trinajstić information content (AvgIpc) is 2.73. The summed E-state index contributed by atoms with van der Waals surface area (Å²) in [5.41, 5.74) is 2.53. The first-order valence-electron chi connectivity index (χ1n) is 9.08. The summed E-state index contributed by atoms with van der Waals surface area (Å²) < 4.78 is 10.6. The van der Waals surface area contributed by atoms with Crippen LogP contribution in [-0.2, 0) is 4.79 Å². The number of allylic oxidation sites excluding steroid dienone is 1. The standard InChI is InChI=1S/C24H18Cl2O4/c1-16-2-7-18(8-3-16)22(27)12-6-17-4-10-20(11-5-17)30-24(28)15-29-23-13-9-19(25)14-21(23)26/h2-14H,15H2,1H3. The number of hydrogen-bond donors (Lipinski definition) is 0. The van der Waals surface area contributed by atoms with Crippen molar-refractivity contribution in [3.05, 3.63) is 99.5 Å². The molecule has 0 atom stereocenters. The number of carbonyl (C=O) groups is 2. The van der Waals surface area contributed by atoms with Crippen LogP contribution in [0.4, 0.5) is 0 Å². The Morgan fingerprint density at radius 3 is 2.30 bits per heavy atom. The second-order valence-electron chi connectivity index (χ2n) is 6.47. The molecule has 0 aromatic heterocycles. The molecule has 152 valence electrons. The van der Waals surface area contributed by atoms with E-state index in [0.717, 1.165) is 11.1 Å². The Morgan fingerprint density at radius 2 is 1.63 bits per heavy atom. The molecular weight excluding hydrogens is 423 g/mol. The van der Waals surface area contributed by atoms with Crippen LogP contribution in [0.2, 0.25) is 10.0 Å². The first kappa shape index (κ1) is 21.6. The zero-order valence-corrected chi connectivity index (χ0v) is 17.6. The summed E-state index contributed by atoms with van der Waals surface area (Å²) in [6.07, 6.45) is 3.22. The molecule has 0 saturated carbocycles. The van der Waals surface area contributed by atoms with Crippen LogP contribution >= 0.6 is 23.2 Å². The Hall–Kier alpha value is -3.08. The summed E-state index contributed by atoms with van der Waals surface area (Å²) in [7, 11) is 0. The molecule has 6 heteroatoms. The largest absolute Gasteiger partial charge is 0.480 e. The molecule has 0 radical (unpaired) electrons. The van der Waals surface area contributed by atoms with Crippen LogP contribution in [-0.4, -0.2) is 18.4 Å². The molecule has 4 nitrogen and oxygen atoms in total. The molecule has 3 aromatic rings. The normalized spacial score (nSPS) is 10.8. The smallest absolute Gasteiger partial charge is 0.349 e. The topological polar surface area (TPSA) is 52.6 Å². The number of halogens is 2. The highest BCUT2D eigenvalue weighted by Gasteiger charge is 2.09. The van der Waals surface area contributed by atoms with Crippen molar-refractivity contribution in [1.29, 1.82) is 0 Å². The van der Waals surface area contributed by atoms with Gasteiger partial charge in [0, 0.05) is 10.6 Å². The molecule has 3 rings (SSSR count). The molecule has 30 heavy (non-hydrogen) atoms. The SMILES string of the molecule is Cc1ccc(C(=O)C=Cc2ccc(OC(=O)COc3ccc(Cl)cc3Cl)cc2)cc1. The molecule has 0 heterocycles. The maximum atomic E-state index is 12.2. The van der Waals surface area contributed by atoms with Crippen LogP contribution < -0.4 is 9.47 Å². The number of aryl methyl sites for hydroxylation is 1. The number of ether oxygens (including phenoxy) is 2. The Morgan fingerprint density at radius 1 is 0.933 bits per heavy atom. The average molecular weight is 441 g/mol. The highest BCUT2D eigenvalue weighted by Crippen LogP contribution is 2.27. The molecule has 0 aliphatic heterocycles. The minimum absolute atomic E-state index is 0.0801. The van der Waals surface area contributed by atoms with Gasteiger partial charge in [-0.25, -0.2) is 4.79 Å². The van der Waals surface area contributed by atoms with E-state index in [2.05, 4.69) is 0 Å². The highest BCUT2D eigenvalue weighted by atomic mass is 35.5. The maximum absolute atomic E-state index is 12.2. The van der Waals surface area contributed by atoms with Crippen molar-refractivity contribution in [2.45, 2.75) is 6.92 Å². The van der Waals surface area contributed by atoms with Crippen molar-refractivity contribution >= 4 is 41.0 Å². The fraction of sp³-hybridized carbons (Fsp3) is 0.0833. The van der Waals surface area contributed by atoms with Crippen molar-refractivity contribution in [3.63, 3.8) is 0 Å². The third-order valence-corrected chi connectivity index (χ3v) is 4.64. The van der Waals surface area contributed by atoms with Crippen molar-refractivity contribution < 1.29 is 19.1 Å². The quantitative estimate of drug-likeness (QED) is 0.190. The van der Waals surface area contributed by atoms with Gasteiger partial charge in [0.2, 0.25) is 0 Å². The molecule has 0 amide bonds. The molecule has 0 unspecified atom stereocenters. The van der Waals surface area contributed by atoms with E-state index in [1.165, 1.54) is 12.1 Å². The van der Waals surface area contributed by atoms with E-state index < -0.39 is 5.97 Å². The predicted octanol–water partition coefficient (Wildman–Crippen LogP) is 6.18. The molecule has 0 saturated heterocycles. The van der Waals surface area contributed by atoms with Crippen molar-refractivity contribution in [1.82, 2.24) is 0 Å². The second-order valence-corrected chi connectivity index (χ2v) is 7.31. The number of rotatable bonds is 7. The number of esters is 1. The van der Waals surface area contributed by atoms with E-state index in [9.17, 15) is 9.59 Å². The lowest BCUT2D eigenvalue weighted by molar-refractivity contribution is -0.136. The van der Waals surface area contributed by atoms with Crippen LogP contribution in [0.15, 0.2) is 72.8 Å².